The zero-order valence-corrected chi connectivity index (χ0v) is 70.1. The fourth-order valence-corrected chi connectivity index (χ4v) is 22.6. The standard InChI is InChI=1S/C23H26N2OS2.C22H26N2O2S2.C21H24FN3S2.C21H31N3S2/c27-22-25(20-9-3-4-10-21(20)28-22)14-6-5-13-24-15-11-23(12-16-24)19-8-2-1-7-18(19)17-26-23;1-25-19-13-16-9-12-23(15-17(16)14-20(19)26-2)10-5-6-11-24-18-7-3-4-8-21(18)28-22(24)27;22-17-7-9-18(10-8-17)24-15-13-23(14-16-24)11-3-4-12-25-19-5-1-2-6-20(19)27-21(25)26;25-21-24(19-10-4-5-11-20(19)26-21)13-7-6-12-22-14-16-23(17-15-22)18-8-2-1-3-9-18/h1-4,7-10H,5-6,11-17H2;3-4,7-8,13-14H,5-6,9-12,15H2,1-2H3;1-2,5-10H,3-4,11-16H2;4-5,10-11,18H,1-3,6-9,12-17H2. The van der Waals surface area contributed by atoms with Gasteiger partial charge in [0, 0.05) is 116 Å². The molecule has 1 saturated carbocycles. The van der Waals surface area contributed by atoms with Crippen LogP contribution in [0.2, 0.25) is 0 Å². The average Bonchev–Trinajstić information content (AvgIpc) is 1.60. The molecule has 109 heavy (non-hydrogen) atoms. The van der Waals surface area contributed by atoms with Gasteiger partial charge in [0.1, 0.15) is 5.82 Å². The second-order valence-electron chi connectivity index (χ2n) is 30.0. The van der Waals surface area contributed by atoms with Crippen molar-refractivity contribution in [2.75, 3.05) is 117 Å². The van der Waals surface area contributed by atoms with Crippen LogP contribution in [0.4, 0.5) is 10.1 Å². The van der Waals surface area contributed by atoms with Crippen molar-refractivity contribution in [1.82, 2.24) is 42.8 Å². The summed E-state index contributed by atoms with van der Waals surface area (Å²) in [5, 5.41) is 0. The number of anilines is 1. The van der Waals surface area contributed by atoms with Crippen LogP contribution < -0.4 is 14.4 Å². The normalized spacial score (nSPS) is 17.3. The third-order valence-corrected chi connectivity index (χ3v) is 29.0. The number of para-hydroxylation sites is 4. The Bertz CT molecular complexity index is 4990. The molecule has 6 aliphatic rings. The third-order valence-electron chi connectivity index (χ3n) is 23.3. The van der Waals surface area contributed by atoms with E-state index in [-0.39, 0.29) is 11.4 Å². The van der Waals surface area contributed by atoms with Crippen molar-refractivity contribution in [2.45, 2.75) is 154 Å². The molecule has 578 valence electrons. The summed E-state index contributed by atoms with van der Waals surface area (Å²) < 4.78 is 48.6. The molecule has 0 atom stereocenters. The van der Waals surface area contributed by atoms with E-state index in [0.717, 1.165) is 169 Å². The maximum Gasteiger partial charge on any atom is 0.162 e. The molecule has 5 aliphatic heterocycles. The summed E-state index contributed by atoms with van der Waals surface area (Å²) in [5.41, 5.74) is 11.8. The van der Waals surface area contributed by atoms with Crippen LogP contribution in [0.25, 0.3) is 40.9 Å². The minimum Gasteiger partial charge on any atom is -0.493 e. The molecule has 0 radical (unpaired) electrons. The van der Waals surface area contributed by atoms with Gasteiger partial charge in [0.15, 0.2) is 27.3 Å². The van der Waals surface area contributed by atoms with E-state index < -0.39 is 0 Å². The van der Waals surface area contributed by atoms with Crippen LogP contribution in [-0.4, -0.2) is 161 Å². The van der Waals surface area contributed by atoms with E-state index in [1.807, 2.05) is 12.1 Å². The highest BCUT2D eigenvalue weighted by Crippen LogP contribution is 2.44. The fourth-order valence-electron chi connectivity index (χ4n) is 17.1. The Hall–Kier alpha value is -5.93. The molecule has 0 unspecified atom stereocenters. The second-order valence-corrected chi connectivity index (χ2v) is 36.7. The molecule has 1 spiro atoms. The fraction of sp³-hybridized carbons (Fsp3) is 0.471. The van der Waals surface area contributed by atoms with Gasteiger partial charge >= 0.3 is 0 Å². The van der Waals surface area contributed by atoms with Crippen molar-refractivity contribution in [1.29, 1.82) is 0 Å². The second kappa shape index (κ2) is 39.2. The number of thiazole rings is 4. The highest BCUT2D eigenvalue weighted by atomic mass is 32.2. The quantitative estimate of drug-likeness (QED) is 0.0427. The number of hydrogen-bond acceptors (Lipinski definition) is 17. The van der Waals surface area contributed by atoms with Gasteiger partial charge in [0.05, 0.1) is 67.3 Å². The number of benzene rings is 7. The van der Waals surface area contributed by atoms with Crippen molar-refractivity contribution < 1.29 is 18.6 Å². The Balaban J connectivity index is 0.000000121. The SMILES string of the molecule is COc1cc2c(cc1OC)CN(CCCCn1c(=S)sc3ccccc31)CC2.Fc1ccc(N2CCN(CCCCn3c(=S)sc4ccccc43)CC2)cc1.S=c1sc2ccccc2n1CCCCN1CCC2(CC1)OCc1ccccc12.S=c1sc2ccccc2n1CCCCN1CCN(C2CCCCC2)CC1. The molecule has 1 aliphatic carbocycles. The van der Waals surface area contributed by atoms with Crippen molar-refractivity contribution in [3.63, 3.8) is 0 Å². The van der Waals surface area contributed by atoms with Gasteiger partial charge in [-0.05, 0) is 266 Å². The molecule has 13 nitrogen and oxygen atoms in total. The molecule has 0 bridgehead atoms. The third kappa shape index (κ3) is 20.4. The number of ether oxygens (including phenoxy) is 3. The minimum absolute atomic E-state index is 0.0181. The summed E-state index contributed by atoms with van der Waals surface area (Å²) in [6.07, 6.45) is 20.1. The van der Waals surface area contributed by atoms with Gasteiger partial charge in [0.2, 0.25) is 0 Å². The highest BCUT2D eigenvalue weighted by molar-refractivity contribution is 7.74. The Morgan fingerprint density at radius 3 is 1.27 bits per heavy atom. The number of fused-ring (bicyclic) bond motifs is 7. The van der Waals surface area contributed by atoms with Crippen LogP contribution >= 0.6 is 94.2 Å². The maximum absolute atomic E-state index is 13.1. The van der Waals surface area contributed by atoms with Crippen LogP contribution in [0.5, 0.6) is 11.5 Å². The number of piperidine rings is 1. The van der Waals surface area contributed by atoms with E-state index in [1.165, 1.54) is 173 Å². The number of piperazine rings is 2. The van der Waals surface area contributed by atoms with Gasteiger partial charge in [-0.25, -0.2) is 4.39 Å². The number of halogens is 1. The number of rotatable bonds is 24. The molecule has 11 aromatic rings. The summed E-state index contributed by atoms with van der Waals surface area (Å²) in [5.74, 6) is 1.48. The van der Waals surface area contributed by atoms with E-state index in [0.29, 0.717) is 0 Å². The highest BCUT2D eigenvalue weighted by Gasteiger charge is 2.42. The van der Waals surface area contributed by atoms with Crippen LogP contribution in [0.1, 0.15) is 119 Å². The Labute approximate surface area is 680 Å². The monoisotopic (exact) mass is 1610 g/mol. The largest absolute Gasteiger partial charge is 0.493 e. The summed E-state index contributed by atoms with van der Waals surface area (Å²) >= 11 is 29.1. The van der Waals surface area contributed by atoms with E-state index >= 15 is 0 Å². The number of unbranched alkanes of at least 4 members (excludes halogenated alkanes) is 4. The van der Waals surface area contributed by atoms with Gasteiger partial charge in [-0.1, -0.05) is 92.1 Å². The predicted octanol–water partition coefficient (Wildman–Crippen LogP) is 21.4. The Morgan fingerprint density at radius 1 is 0.413 bits per heavy atom. The summed E-state index contributed by atoms with van der Waals surface area (Å²) in [6.45, 7) is 23.1. The first-order chi connectivity index (χ1) is 53.5. The molecule has 4 fully saturated rings. The van der Waals surface area contributed by atoms with Crippen LogP contribution in [0.3, 0.4) is 0 Å². The molecule has 22 heteroatoms. The number of aryl methyl sites for hydroxylation is 4. The van der Waals surface area contributed by atoms with Crippen LogP contribution in [0.15, 0.2) is 158 Å². The Kier molecular flexibility index (Phi) is 28.7. The first-order valence-corrected chi connectivity index (χ1v) is 44.8. The molecule has 3 saturated heterocycles. The maximum atomic E-state index is 13.1. The summed E-state index contributed by atoms with van der Waals surface area (Å²) in [7, 11) is 3.40. The molecule has 4 aromatic heterocycles. The number of likely N-dealkylation sites (tertiary alicyclic amines) is 1. The van der Waals surface area contributed by atoms with E-state index in [1.54, 1.807) is 71.7 Å². The van der Waals surface area contributed by atoms with Crippen molar-refractivity contribution in [3.8, 4) is 11.5 Å². The first-order valence-electron chi connectivity index (χ1n) is 39.9. The Morgan fingerprint density at radius 2 is 0.807 bits per heavy atom. The molecule has 9 heterocycles. The van der Waals surface area contributed by atoms with Gasteiger partial charge in [-0.15, -0.1) is 45.3 Å². The number of methoxy groups -OCH3 is 2. The number of nitrogens with zero attached hydrogens (tertiary/aromatic N) is 10. The minimum atomic E-state index is -0.170. The zero-order valence-electron chi connectivity index (χ0n) is 63.6. The molecule has 0 N–H and O–H groups in total. The van der Waals surface area contributed by atoms with Crippen molar-refractivity contribution in [2.24, 2.45) is 0 Å². The summed E-state index contributed by atoms with van der Waals surface area (Å²) in [4.78, 5) is 15.5. The molecular formula is C87H107FN10O3S8. The lowest BCUT2D eigenvalue weighted by atomic mass is 9.84. The van der Waals surface area contributed by atoms with Crippen molar-refractivity contribution in [3.05, 3.63) is 202 Å². The van der Waals surface area contributed by atoms with Crippen molar-refractivity contribution >= 4 is 141 Å². The van der Waals surface area contributed by atoms with Crippen LogP contribution in [0, 0.1) is 21.6 Å². The van der Waals surface area contributed by atoms with Gasteiger partial charge in [-0.2, -0.15) is 0 Å². The number of aromatic nitrogens is 4. The average molecular weight is 1620 g/mol. The van der Waals surface area contributed by atoms with E-state index in [9.17, 15) is 4.39 Å². The predicted molar refractivity (Wildman–Crippen MR) is 467 cm³/mol. The van der Waals surface area contributed by atoms with Crippen LogP contribution in [-0.2, 0) is 56.1 Å². The molecule has 7 aromatic carbocycles. The lowest BCUT2D eigenvalue weighted by molar-refractivity contribution is -0.0788. The molecule has 17 rings (SSSR count). The van der Waals surface area contributed by atoms with Gasteiger partial charge < -0.3 is 47.2 Å². The molecule has 0 amide bonds. The zero-order chi connectivity index (χ0) is 74.9. The van der Waals surface area contributed by atoms with Gasteiger partial charge in [0.25, 0.3) is 0 Å². The number of hydrogen-bond donors (Lipinski definition) is 0. The first kappa shape index (κ1) is 79.7. The van der Waals surface area contributed by atoms with E-state index in [2.05, 4.69) is 181 Å². The lowest BCUT2D eigenvalue weighted by Gasteiger charge is -2.40. The molecular weight excluding hydrogens is 1510 g/mol. The smallest absolute Gasteiger partial charge is 0.162 e. The van der Waals surface area contributed by atoms with E-state index in [4.69, 9.17) is 63.1 Å². The topological polar surface area (TPSA) is 66.9 Å². The lowest BCUT2D eigenvalue weighted by Crippen LogP contribution is -2.50. The summed E-state index contributed by atoms with van der Waals surface area (Å²) in [6, 6.07) is 54.9. The van der Waals surface area contributed by atoms with Gasteiger partial charge in [-0.3, -0.25) is 14.7 Å².